The number of benzene rings is 2. The third-order valence-corrected chi connectivity index (χ3v) is 2.99. The highest BCUT2D eigenvalue weighted by atomic mass is 16.5. The second-order valence-corrected chi connectivity index (χ2v) is 4.37. The SMILES string of the molecule is COc1ccc(OC(=O)c2ccc(-n3cnnn3)cc2)cc1. The number of nitrogens with zero attached hydrogens (tertiary/aromatic N) is 4. The molecule has 0 N–H and O–H groups in total. The van der Waals surface area contributed by atoms with Gasteiger partial charge in [-0.3, -0.25) is 0 Å². The fraction of sp³-hybridized carbons (Fsp3) is 0.0667. The van der Waals surface area contributed by atoms with E-state index in [1.54, 1.807) is 55.6 Å². The molecule has 7 heteroatoms. The molecule has 0 amide bonds. The van der Waals surface area contributed by atoms with Crippen molar-refractivity contribution >= 4 is 5.97 Å². The molecule has 3 aromatic rings. The third-order valence-electron chi connectivity index (χ3n) is 2.99. The van der Waals surface area contributed by atoms with Crippen LogP contribution < -0.4 is 9.47 Å². The zero-order chi connectivity index (χ0) is 15.4. The highest BCUT2D eigenvalue weighted by molar-refractivity contribution is 5.91. The van der Waals surface area contributed by atoms with Crippen LogP contribution in [0.2, 0.25) is 0 Å². The summed E-state index contributed by atoms with van der Waals surface area (Å²) >= 11 is 0. The van der Waals surface area contributed by atoms with Crippen LogP contribution in [0.4, 0.5) is 0 Å². The first-order valence-electron chi connectivity index (χ1n) is 6.46. The first kappa shape index (κ1) is 13.7. The quantitative estimate of drug-likeness (QED) is 0.540. The third kappa shape index (κ3) is 2.93. The monoisotopic (exact) mass is 296 g/mol. The van der Waals surface area contributed by atoms with E-state index in [0.29, 0.717) is 17.1 Å². The van der Waals surface area contributed by atoms with Gasteiger partial charge in [0.25, 0.3) is 0 Å². The topological polar surface area (TPSA) is 79.1 Å². The number of hydrogen-bond acceptors (Lipinski definition) is 6. The van der Waals surface area contributed by atoms with Gasteiger partial charge in [-0.1, -0.05) is 0 Å². The van der Waals surface area contributed by atoms with Crippen LogP contribution in [0, 0.1) is 0 Å². The summed E-state index contributed by atoms with van der Waals surface area (Å²) in [6, 6.07) is 13.6. The molecule has 7 nitrogen and oxygen atoms in total. The van der Waals surface area contributed by atoms with Crippen LogP contribution >= 0.6 is 0 Å². The van der Waals surface area contributed by atoms with E-state index in [1.165, 1.54) is 11.0 Å². The summed E-state index contributed by atoms with van der Waals surface area (Å²) in [6.07, 6.45) is 1.48. The van der Waals surface area contributed by atoms with Crippen LogP contribution in [0.3, 0.4) is 0 Å². The molecule has 0 saturated carbocycles. The number of tetrazole rings is 1. The number of carbonyl (C=O) groups is 1. The fourth-order valence-electron chi connectivity index (χ4n) is 1.84. The summed E-state index contributed by atoms with van der Waals surface area (Å²) in [4.78, 5) is 12.1. The van der Waals surface area contributed by atoms with Gasteiger partial charge in [0.2, 0.25) is 0 Å². The molecule has 0 bridgehead atoms. The lowest BCUT2D eigenvalue weighted by Crippen LogP contribution is -2.08. The van der Waals surface area contributed by atoms with Crippen molar-refractivity contribution in [3.63, 3.8) is 0 Å². The number of methoxy groups -OCH3 is 1. The molecule has 1 heterocycles. The first-order chi connectivity index (χ1) is 10.8. The van der Waals surface area contributed by atoms with E-state index in [0.717, 1.165) is 5.69 Å². The Morgan fingerprint density at radius 1 is 1.00 bits per heavy atom. The molecule has 3 rings (SSSR count). The molecule has 0 spiro atoms. The average Bonchev–Trinajstić information content (AvgIpc) is 3.10. The molecule has 1 aromatic heterocycles. The van der Waals surface area contributed by atoms with Crippen LogP contribution in [0.1, 0.15) is 10.4 Å². The zero-order valence-corrected chi connectivity index (χ0v) is 11.7. The van der Waals surface area contributed by atoms with Crippen molar-refractivity contribution in [3.05, 3.63) is 60.4 Å². The van der Waals surface area contributed by atoms with E-state index in [2.05, 4.69) is 15.5 Å². The molecular formula is C15H12N4O3. The summed E-state index contributed by atoms with van der Waals surface area (Å²) < 4.78 is 11.8. The van der Waals surface area contributed by atoms with Crippen LogP contribution in [0.15, 0.2) is 54.9 Å². The second kappa shape index (κ2) is 6.04. The van der Waals surface area contributed by atoms with Crippen molar-refractivity contribution in [2.24, 2.45) is 0 Å². The van der Waals surface area contributed by atoms with Gasteiger partial charge < -0.3 is 9.47 Å². The Kier molecular flexibility index (Phi) is 3.78. The van der Waals surface area contributed by atoms with E-state index < -0.39 is 5.97 Å². The maximum Gasteiger partial charge on any atom is 0.343 e. The largest absolute Gasteiger partial charge is 0.497 e. The molecule has 0 aliphatic carbocycles. The molecule has 0 atom stereocenters. The fourth-order valence-corrected chi connectivity index (χ4v) is 1.84. The summed E-state index contributed by atoms with van der Waals surface area (Å²) in [5.74, 6) is 0.717. The summed E-state index contributed by atoms with van der Waals surface area (Å²) in [7, 11) is 1.58. The van der Waals surface area contributed by atoms with E-state index in [9.17, 15) is 4.79 Å². The van der Waals surface area contributed by atoms with Crippen LogP contribution in [0.5, 0.6) is 11.5 Å². The molecule has 0 radical (unpaired) electrons. The molecule has 0 saturated heterocycles. The minimum Gasteiger partial charge on any atom is -0.497 e. The Morgan fingerprint density at radius 3 is 2.27 bits per heavy atom. The van der Waals surface area contributed by atoms with Gasteiger partial charge in [0.15, 0.2) is 0 Å². The summed E-state index contributed by atoms with van der Waals surface area (Å²) in [5, 5.41) is 10.9. The van der Waals surface area contributed by atoms with Gasteiger partial charge in [-0.15, -0.1) is 5.10 Å². The van der Waals surface area contributed by atoms with E-state index in [-0.39, 0.29) is 0 Å². The number of hydrogen-bond donors (Lipinski definition) is 0. The summed E-state index contributed by atoms with van der Waals surface area (Å²) in [6.45, 7) is 0. The van der Waals surface area contributed by atoms with Gasteiger partial charge >= 0.3 is 5.97 Å². The zero-order valence-electron chi connectivity index (χ0n) is 11.7. The number of ether oxygens (including phenoxy) is 2. The van der Waals surface area contributed by atoms with E-state index >= 15 is 0 Å². The van der Waals surface area contributed by atoms with Gasteiger partial charge in [-0.05, 0) is 59.0 Å². The lowest BCUT2D eigenvalue weighted by molar-refractivity contribution is 0.0734. The lowest BCUT2D eigenvalue weighted by Gasteiger charge is -2.06. The van der Waals surface area contributed by atoms with Crippen LogP contribution in [-0.4, -0.2) is 33.3 Å². The Balaban J connectivity index is 1.71. The molecular weight excluding hydrogens is 284 g/mol. The minimum atomic E-state index is -0.437. The normalized spacial score (nSPS) is 10.2. The Hall–Kier alpha value is -3.22. The van der Waals surface area contributed by atoms with Crippen molar-refractivity contribution < 1.29 is 14.3 Å². The Morgan fingerprint density at radius 2 is 1.68 bits per heavy atom. The van der Waals surface area contributed by atoms with Gasteiger partial charge in [0.1, 0.15) is 17.8 Å². The van der Waals surface area contributed by atoms with Crippen molar-refractivity contribution in [1.29, 1.82) is 0 Å². The van der Waals surface area contributed by atoms with Gasteiger partial charge in [0, 0.05) is 0 Å². The van der Waals surface area contributed by atoms with Crippen molar-refractivity contribution in [3.8, 4) is 17.2 Å². The molecule has 0 aliphatic rings. The highest BCUT2D eigenvalue weighted by Gasteiger charge is 2.09. The number of rotatable bonds is 4. The Bertz CT molecular complexity index is 752. The lowest BCUT2D eigenvalue weighted by atomic mass is 10.2. The first-order valence-corrected chi connectivity index (χ1v) is 6.46. The van der Waals surface area contributed by atoms with Crippen molar-refractivity contribution in [2.45, 2.75) is 0 Å². The molecule has 22 heavy (non-hydrogen) atoms. The molecule has 110 valence electrons. The van der Waals surface area contributed by atoms with Crippen molar-refractivity contribution in [1.82, 2.24) is 20.2 Å². The molecule has 0 fully saturated rings. The molecule has 0 aliphatic heterocycles. The highest BCUT2D eigenvalue weighted by Crippen LogP contribution is 2.18. The van der Waals surface area contributed by atoms with Crippen molar-refractivity contribution in [2.75, 3.05) is 7.11 Å². The van der Waals surface area contributed by atoms with Crippen LogP contribution in [-0.2, 0) is 0 Å². The second-order valence-electron chi connectivity index (χ2n) is 4.37. The van der Waals surface area contributed by atoms with Gasteiger partial charge in [-0.2, -0.15) is 0 Å². The van der Waals surface area contributed by atoms with Gasteiger partial charge in [0.05, 0.1) is 18.4 Å². The van der Waals surface area contributed by atoms with Gasteiger partial charge in [-0.25, -0.2) is 9.48 Å². The number of esters is 1. The van der Waals surface area contributed by atoms with Crippen LogP contribution in [0.25, 0.3) is 5.69 Å². The molecule has 2 aromatic carbocycles. The standard InChI is InChI=1S/C15H12N4O3/c1-21-13-6-8-14(9-7-13)22-15(20)11-2-4-12(5-3-11)19-10-16-17-18-19/h2-10H,1H3. The average molecular weight is 296 g/mol. The maximum atomic E-state index is 12.1. The van der Waals surface area contributed by atoms with E-state index in [1.807, 2.05) is 0 Å². The minimum absolute atomic E-state index is 0.437. The van der Waals surface area contributed by atoms with E-state index in [4.69, 9.17) is 9.47 Å². The smallest absolute Gasteiger partial charge is 0.343 e. The molecule has 0 unspecified atom stereocenters. The number of carbonyl (C=O) groups excluding carboxylic acids is 1. The summed E-state index contributed by atoms with van der Waals surface area (Å²) in [5.41, 5.74) is 1.19. The Labute approximate surface area is 126 Å². The maximum absolute atomic E-state index is 12.1. The predicted octanol–water partition coefficient (Wildman–Crippen LogP) is 1.89. The predicted molar refractivity (Wildman–Crippen MR) is 77.1 cm³/mol. The number of aromatic nitrogens is 4.